The van der Waals surface area contributed by atoms with E-state index in [4.69, 9.17) is 9.97 Å². The van der Waals surface area contributed by atoms with Crippen LogP contribution in [-0.4, -0.2) is 96.0 Å². The number of rotatable bonds is 6. The van der Waals surface area contributed by atoms with Gasteiger partial charge in [0, 0.05) is 75.7 Å². The van der Waals surface area contributed by atoms with E-state index in [1.807, 2.05) is 6.08 Å². The Morgan fingerprint density at radius 2 is 1.52 bits per heavy atom. The SMILES string of the molecule is C[C@]12CCC(=O)C=C1CC[C@@H]1C2=CC[C@@]2(C)[C@H]1CC[C@]2(O)C(=O)CN1CCN(c2cc(N3CCCC3)nc(N3CCCC3)n2)CC1. The largest absolute Gasteiger partial charge is 0.381 e. The molecular formula is C37H52N6O3. The summed E-state index contributed by atoms with van der Waals surface area (Å²) in [6.45, 7) is 12.2. The molecule has 248 valence electrons. The first-order valence-electron chi connectivity index (χ1n) is 18.2. The van der Waals surface area contributed by atoms with Crippen LogP contribution in [0.15, 0.2) is 29.4 Å². The van der Waals surface area contributed by atoms with E-state index < -0.39 is 11.0 Å². The van der Waals surface area contributed by atoms with Gasteiger partial charge in [0.05, 0.1) is 6.54 Å². The van der Waals surface area contributed by atoms with Crippen LogP contribution in [0, 0.1) is 22.7 Å². The maximum Gasteiger partial charge on any atom is 0.229 e. The first-order chi connectivity index (χ1) is 22.2. The number of fused-ring (bicyclic) bond motifs is 5. The number of carbonyl (C=O) groups excluding carboxylic acids is 2. The van der Waals surface area contributed by atoms with Crippen molar-refractivity contribution in [2.24, 2.45) is 22.7 Å². The molecule has 1 aromatic rings. The number of hydrogen-bond donors (Lipinski definition) is 1. The van der Waals surface area contributed by atoms with Crippen LogP contribution in [0.4, 0.5) is 17.6 Å². The van der Waals surface area contributed by atoms with Crippen molar-refractivity contribution in [2.45, 2.75) is 90.1 Å². The topological polar surface area (TPSA) is 93.1 Å². The summed E-state index contributed by atoms with van der Waals surface area (Å²) >= 11 is 0. The quantitative estimate of drug-likeness (QED) is 0.456. The fraction of sp³-hybridized carbons (Fsp3) is 0.730. The molecule has 9 nitrogen and oxygen atoms in total. The normalized spacial score (nSPS) is 36.3. The molecule has 0 unspecified atom stereocenters. The predicted molar refractivity (Wildman–Crippen MR) is 180 cm³/mol. The van der Waals surface area contributed by atoms with Crippen LogP contribution in [0.3, 0.4) is 0 Å². The van der Waals surface area contributed by atoms with Gasteiger partial charge in [-0.1, -0.05) is 31.1 Å². The number of anilines is 3. The number of hydrogen-bond acceptors (Lipinski definition) is 9. The highest BCUT2D eigenvalue weighted by Crippen LogP contribution is 2.65. The maximum absolute atomic E-state index is 14.1. The van der Waals surface area contributed by atoms with E-state index in [1.54, 1.807) is 0 Å². The summed E-state index contributed by atoms with van der Waals surface area (Å²) in [6.07, 6.45) is 14.8. The maximum atomic E-state index is 14.1. The Hall–Kier alpha value is -2.78. The molecular weight excluding hydrogens is 576 g/mol. The summed E-state index contributed by atoms with van der Waals surface area (Å²) in [6, 6.07) is 2.17. The second-order valence-corrected chi connectivity index (χ2v) is 15.9. The Morgan fingerprint density at radius 1 is 0.870 bits per heavy atom. The van der Waals surface area contributed by atoms with Crippen LogP contribution in [0.5, 0.6) is 0 Å². The van der Waals surface area contributed by atoms with Crippen molar-refractivity contribution >= 4 is 29.2 Å². The van der Waals surface area contributed by atoms with Crippen molar-refractivity contribution < 1.29 is 14.7 Å². The van der Waals surface area contributed by atoms with E-state index in [2.05, 4.69) is 45.6 Å². The summed E-state index contributed by atoms with van der Waals surface area (Å²) in [4.78, 5) is 45.7. The zero-order valence-electron chi connectivity index (χ0n) is 28.0. The molecule has 1 N–H and O–H groups in total. The molecule has 0 bridgehead atoms. The molecule has 4 aliphatic carbocycles. The zero-order chi connectivity index (χ0) is 31.7. The van der Waals surface area contributed by atoms with Crippen molar-refractivity contribution in [1.29, 1.82) is 0 Å². The number of aliphatic hydroxyl groups is 1. The first kappa shape index (κ1) is 30.5. The standard InChI is InChI=1S/C37H52N6O3/c1-35-12-9-27(44)23-26(35)7-8-28-29(35)10-13-36(2)30(28)11-14-37(36,46)31(45)25-40-19-21-42(22-20-40)33-24-32(41-15-3-4-16-41)38-34(39-33)43-17-5-6-18-43/h10,23-24,28,30,46H,3-9,11-22,25H2,1-2H3/t28-,30+,35+,36+,37+/m1/s1. The van der Waals surface area contributed by atoms with Gasteiger partial charge in [-0.2, -0.15) is 9.97 Å². The van der Waals surface area contributed by atoms with Crippen LogP contribution in [0.25, 0.3) is 0 Å². The number of carbonyl (C=O) groups is 2. The Bertz CT molecular complexity index is 1420. The van der Waals surface area contributed by atoms with Crippen molar-refractivity contribution in [2.75, 3.05) is 73.6 Å². The monoisotopic (exact) mass is 628 g/mol. The highest BCUT2D eigenvalue weighted by Gasteiger charge is 2.64. The van der Waals surface area contributed by atoms with Gasteiger partial charge in [0.15, 0.2) is 11.6 Å². The van der Waals surface area contributed by atoms with Gasteiger partial charge in [-0.25, -0.2) is 0 Å². The Labute approximate surface area is 274 Å². The Kier molecular flexibility index (Phi) is 7.59. The van der Waals surface area contributed by atoms with E-state index in [0.29, 0.717) is 31.2 Å². The summed E-state index contributed by atoms with van der Waals surface area (Å²) in [5.41, 5.74) is 1.02. The van der Waals surface area contributed by atoms with Crippen molar-refractivity contribution in [3.05, 3.63) is 29.4 Å². The Balaban J connectivity index is 0.949. The van der Waals surface area contributed by atoms with Gasteiger partial charge in [-0.05, 0) is 82.1 Å². The van der Waals surface area contributed by atoms with Gasteiger partial charge in [0.2, 0.25) is 5.95 Å². The molecule has 46 heavy (non-hydrogen) atoms. The van der Waals surface area contributed by atoms with Gasteiger partial charge in [-0.15, -0.1) is 0 Å². The molecule has 5 atom stereocenters. The first-order valence-corrected chi connectivity index (χ1v) is 18.2. The minimum atomic E-state index is -1.29. The predicted octanol–water partition coefficient (Wildman–Crippen LogP) is 4.55. The molecule has 7 aliphatic rings. The molecule has 2 saturated carbocycles. The summed E-state index contributed by atoms with van der Waals surface area (Å²) in [5.74, 6) is 3.88. The summed E-state index contributed by atoms with van der Waals surface area (Å²) in [7, 11) is 0. The molecule has 0 amide bonds. The van der Waals surface area contributed by atoms with E-state index in [1.165, 1.54) is 36.8 Å². The molecule has 4 heterocycles. The van der Waals surface area contributed by atoms with Crippen LogP contribution in [0.1, 0.15) is 84.5 Å². The average molecular weight is 629 g/mol. The number of aromatic nitrogens is 2. The molecule has 0 spiro atoms. The lowest BCUT2D eigenvalue weighted by Gasteiger charge is -2.54. The molecule has 5 fully saturated rings. The highest BCUT2D eigenvalue weighted by molar-refractivity contribution is 5.92. The second-order valence-electron chi connectivity index (χ2n) is 15.9. The minimum absolute atomic E-state index is 0.00310. The van der Waals surface area contributed by atoms with Gasteiger partial charge in [0.25, 0.3) is 0 Å². The highest BCUT2D eigenvalue weighted by atomic mass is 16.3. The fourth-order valence-electron chi connectivity index (χ4n) is 10.5. The minimum Gasteiger partial charge on any atom is -0.381 e. The number of allylic oxidation sites excluding steroid dienone is 4. The van der Waals surface area contributed by atoms with Gasteiger partial charge in [0.1, 0.15) is 17.2 Å². The van der Waals surface area contributed by atoms with Gasteiger partial charge >= 0.3 is 0 Å². The Morgan fingerprint density at radius 3 is 2.22 bits per heavy atom. The average Bonchev–Trinajstić information content (AvgIpc) is 3.84. The number of ketones is 2. The third-order valence-electron chi connectivity index (χ3n) is 13.5. The molecule has 9 heteroatoms. The number of Topliss-reactive ketones (excluding diaryl/α,β-unsaturated/α-hetero) is 1. The van der Waals surface area contributed by atoms with E-state index in [-0.39, 0.29) is 17.0 Å². The summed E-state index contributed by atoms with van der Waals surface area (Å²) < 4.78 is 0. The molecule has 3 saturated heterocycles. The van der Waals surface area contributed by atoms with E-state index in [9.17, 15) is 14.7 Å². The smallest absolute Gasteiger partial charge is 0.229 e. The fourth-order valence-corrected chi connectivity index (χ4v) is 10.5. The van der Waals surface area contributed by atoms with E-state index in [0.717, 1.165) is 102 Å². The van der Waals surface area contributed by atoms with Crippen molar-refractivity contribution in [3.63, 3.8) is 0 Å². The number of nitrogens with zero attached hydrogens (tertiary/aromatic N) is 6. The lowest BCUT2D eigenvalue weighted by atomic mass is 9.50. The van der Waals surface area contributed by atoms with Gasteiger partial charge in [-0.3, -0.25) is 14.5 Å². The number of piperazine rings is 1. The molecule has 0 radical (unpaired) electrons. The van der Waals surface area contributed by atoms with E-state index >= 15 is 0 Å². The molecule has 1 aromatic heterocycles. The molecule has 8 rings (SSSR count). The van der Waals surface area contributed by atoms with Crippen LogP contribution >= 0.6 is 0 Å². The third kappa shape index (κ3) is 4.85. The molecule has 3 aliphatic heterocycles. The van der Waals surface area contributed by atoms with Crippen molar-refractivity contribution in [1.82, 2.24) is 14.9 Å². The third-order valence-corrected chi connectivity index (χ3v) is 13.5. The molecule has 0 aromatic carbocycles. The van der Waals surface area contributed by atoms with Gasteiger partial charge < -0.3 is 19.8 Å². The lowest BCUT2D eigenvalue weighted by Crippen LogP contribution is -2.58. The van der Waals surface area contributed by atoms with Crippen LogP contribution in [-0.2, 0) is 9.59 Å². The second kappa shape index (κ2) is 11.4. The summed E-state index contributed by atoms with van der Waals surface area (Å²) in [5, 5.41) is 12.3. The van der Waals surface area contributed by atoms with Crippen LogP contribution < -0.4 is 14.7 Å². The zero-order valence-corrected chi connectivity index (χ0v) is 28.0. The van der Waals surface area contributed by atoms with Crippen LogP contribution in [0.2, 0.25) is 0 Å². The van der Waals surface area contributed by atoms with Crippen molar-refractivity contribution in [3.8, 4) is 0 Å². The lowest BCUT2D eigenvalue weighted by molar-refractivity contribution is -0.154.